The average molecular weight is 425 g/mol. The lowest BCUT2D eigenvalue weighted by atomic mass is 9.94. The molecule has 0 aromatic rings. The molecule has 0 aromatic carbocycles. The molecule has 0 saturated carbocycles. The summed E-state index contributed by atoms with van der Waals surface area (Å²) >= 11 is 0. The first-order valence-electron chi connectivity index (χ1n) is 11.2. The first kappa shape index (κ1) is 26.8. The minimum atomic E-state index is -0.0920. The number of ketones is 2. The van der Waals surface area contributed by atoms with Crippen molar-refractivity contribution in [2.75, 3.05) is 7.11 Å². The van der Waals surface area contributed by atoms with Gasteiger partial charge >= 0.3 is 0 Å². The fraction of sp³-hybridized carbons (Fsp3) is 0.500. The second-order valence-electron chi connectivity index (χ2n) is 8.88. The molecule has 0 aromatic heterocycles. The van der Waals surface area contributed by atoms with E-state index in [9.17, 15) is 9.59 Å². The van der Waals surface area contributed by atoms with Crippen molar-refractivity contribution in [2.24, 2.45) is 0 Å². The Bertz CT molecular complexity index is 824. The van der Waals surface area contributed by atoms with Gasteiger partial charge in [0.25, 0.3) is 0 Å². The number of rotatable bonds is 12. The lowest BCUT2D eigenvalue weighted by Gasteiger charge is -2.13. The summed E-state index contributed by atoms with van der Waals surface area (Å²) in [7, 11) is 1.77. The Hall–Kier alpha value is -2.26. The normalized spacial score (nSPS) is 16.8. The number of methoxy groups -OCH3 is 1. The van der Waals surface area contributed by atoms with E-state index in [0.29, 0.717) is 17.6 Å². The molecule has 0 radical (unpaired) electrons. The van der Waals surface area contributed by atoms with Gasteiger partial charge in [-0.15, -0.1) is 0 Å². The van der Waals surface area contributed by atoms with Gasteiger partial charge in [-0.3, -0.25) is 9.59 Å². The molecule has 0 saturated heterocycles. The van der Waals surface area contributed by atoms with Crippen molar-refractivity contribution < 1.29 is 14.3 Å². The molecule has 0 amide bonds. The molecule has 0 fully saturated rings. The van der Waals surface area contributed by atoms with Gasteiger partial charge in [0.15, 0.2) is 11.6 Å². The van der Waals surface area contributed by atoms with E-state index in [1.165, 1.54) is 34.4 Å². The van der Waals surface area contributed by atoms with Gasteiger partial charge in [0, 0.05) is 18.3 Å². The molecule has 1 atom stereocenters. The van der Waals surface area contributed by atoms with Gasteiger partial charge in [-0.05, 0) is 92.2 Å². The number of carbonyl (C=O) groups excluding carboxylic acids is 2. The fourth-order valence-corrected chi connectivity index (χ4v) is 3.50. The molecule has 0 aliphatic heterocycles. The number of hydrogen-bond donors (Lipinski definition) is 0. The Morgan fingerprint density at radius 3 is 2.19 bits per heavy atom. The van der Waals surface area contributed by atoms with Crippen LogP contribution < -0.4 is 0 Å². The zero-order valence-electron chi connectivity index (χ0n) is 20.5. The smallest absolute Gasteiger partial charge is 0.185 e. The van der Waals surface area contributed by atoms with Crippen molar-refractivity contribution in [1.29, 1.82) is 0 Å². The molecule has 1 aliphatic carbocycles. The predicted molar refractivity (Wildman–Crippen MR) is 131 cm³/mol. The van der Waals surface area contributed by atoms with Crippen LogP contribution in [0.25, 0.3) is 0 Å². The number of Topliss-reactive ketones (excluding diaryl/α,β-unsaturated/α-hetero) is 1. The quantitative estimate of drug-likeness (QED) is 0.246. The zero-order chi connectivity index (χ0) is 23.4. The van der Waals surface area contributed by atoms with Gasteiger partial charge in [-0.1, -0.05) is 46.6 Å². The van der Waals surface area contributed by atoms with E-state index in [2.05, 4.69) is 58.9 Å². The molecule has 0 N–H and O–H groups in total. The lowest BCUT2D eigenvalue weighted by Crippen LogP contribution is -2.12. The summed E-state index contributed by atoms with van der Waals surface area (Å²) in [6.45, 7) is 12.4. The number of carbonyl (C=O) groups is 2. The summed E-state index contributed by atoms with van der Waals surface area (Å²) in [6.07, 6.45) is 17.3. The molecule has 1 aliphatic rings. The molecule has 1 rings (SSSR count). The van der Waals surface area contributed by atoms with Crippen LogP contribution >= 0.6 is 0 Å². The summed E-state index contributed by atoms with van der Waals surface area (Å²) < 4.78 is 5.67. The zero-order valence-corrected chi connectivity index (χ0v) is 20.5. The molecular formula is C28H40O3. The van der Waals surface area contributed by atoms with E-state index >= 15 is 0 Å². The first-order valence-corrected chi connectivity index (χ1v) is 11.2. The van der Waals surface area contributed by atoms with Crippen LogP contribution in [-0.4, -0.2) is 24.8 Å². The highest BCUT2D eigenvalue weighted by molar-refractivity contribution is 6.20. The van der Waals surface area contributed by atoms with E-state index in [-0.39, 0.29) is 17.7 Å². The summed E-state index contributed by atoms with van der Waals surface area (Å²) in [5.41, 5.74) is 6.40. The minimum Gasteiger partial charge on any atom is -0.377 e. The second kappa shape index (κ2) is 13.9. The van der Waals surface area contributed by atoms with Crippen molar-refractivity contribution >= 4 is 11.6 Å². The third kappa shape index (κ3) is 11.1. The third-order valence-corrected chi connectivity index (χ3v) is 5.41. The van der Waals surface area contributed by atoms with Gasteiger partial charge in [0.2, 0.25) is 0 Å². The molecule has 170 valence electrons. The number of allylic oxidation sites excluding steroid dienone is 10. The van der Waals surface area contributed by atoms with Crippen LogP contribution in [0.2, 0.25) is 0 Å². The van der Waals surface area contributed by atoms with E-state index in [4.69, 9.17) is 4.74 Å². The van der Waals surface area contributed by atoms with Crippen LogP contribution in [-0.2, 0) is 14.3 Å². The summed E-state index contributed by atoms with van der Waals surface area (Å²) in [5, 5.41) is 0. The monoisotopic (exact) mass is 424 g/mol. The molecule has 31 heavy (non-hydrogen) atoms. The van der Waals surface area contributed by atoms with E-state index in [1.54, 1.807) is 14.0 Å². The maximum atomic E-state index is 12.1. The van der Waals surface area contributed by atoms with E-state index in [1.807, 2.05) is 0 Å². The van der Waals surface area contributed by atoms with Crippen molar-refractivity contribution in [1.82, 2.24) is 0 Å². The van der Waals surface area contributed by atoms with Crippen LogP contribution in [0.5, 0.6) is 0 Å². The van der Waals surface area contributed by atoms with Crippen LogP contribution in [0.3, 0.4) is 0 Å². The average Bonchev–Trinajstić information content (AvgIpc) is 2.68. The maximum Gasteiger partial charge on any atom is 0.185 e. The molecular weight excluding hydrogens is 384 g/mol. The van der Waals surface area contributed by atoms with Crippen LogP contribution in [0.15, 0.2) is 69.9 Å². The topological polar surface area (TPSA) is 43.4 Å². The molecule has 3 nitrogen and oxygen atoms in total. The minimum absolute atomic E-state index is 0.0193. The third-order valence-electron chi connectivity index (χ3n) is 5.41. The van der Waals surface area contributed by atoms with Crippen molar-refractivity contribution in [2.45, 2.75) is 86.2 Å². The van der Waals surface area contributed by atoms with E-state index in [0.717, 1.165) is 32.1 Å². The highest BCUT2D eigenvalue weighted by Gasteiger charge is 2.17. The van der Waals surface area contributed by atoms with Gasteiger partial charge in [-0.25, -0.2) is 0 Å². The number of hydrogen-bond acceptors (Lipinski definition) is 3. The first-order chi connectivity index (χ1) is 14.6. The Morgan fingerprint density at radius 1 is 0.903 bits per heavy atom. The molecule has 0 heterocycles. The Labute approximate surface area is 189 Å². The number of ether oxygens (including phenoxy) is 1. The lowest BCUT2D eigenvalue weighted by molar-refractivity contribution is -0.115. The Kier molecular flexibility index (Phi) is 12.0. The predicted octanol–water partition coefficient (Wildman–Crippen LogP) is 7.17. The highest BCUT2D eigenvalue weighted by Crippen LogP contribution is 2.19. The van der Waals surface area contributed by atoms with Crippen molar-refractivity contribution in [3.63, 3.8) is 0 Å². The van der Waals surface area contributed by atoms with Gasteiger partial charge in [0.1, 0.15) is 0 Å². The molecule has 0 bridgehead atoms. The summed E-state index contributed by atoms with van der Waals surface area (Å²) in [5.74, 6) is -0.111. The van der Waals surface area contributed by atoms with Crippen LogP contribution in [0.1, 0.15) is 80.1 Å². The second-order valence-corrected chi connectivity index (χ2v) is 8.88. The molecule has 1 unspecified atom stereocenters. The van der Waals surface area contributed by atoms with Gasteiger partial charge < -0.3 is 4.74 Å². The molecule has 0 spiro atoms. The van der Waals surface area contributed by atoms with Crippen LogP contribution in [0.4, 0.5) is 0 Å². The SMILES string of the molecule is COC(/C=C(\C)CCC=C(C)C)C/C(C)=C/CC/C(C)=C/CC1=CC(=O)C=C(C)C1=O. The largest absolute Gasteiger partial charge is 0.377 e. The van der Waals surface area contributed by atoms with E-state index < -0.39 is 0 Å². The Morgan fingerprint density at radius 2 is 1.55 bits per heavy atom. The standard InChI is InChI=1S/C28H40O3/c1-20(2)10-8-12-22(4)16-27(31-7)17-23(5)13-9-11-21(3)14-15-25-19-26(29)18-24(6)28(25)30/h10,13-14,16,18-19,27H,8-9,11-12,15,17H2,1-7H3/b21-14+,22-16+,23-13+. The molecule has 3 heteroatoms. The fourth-order valence-electron chi connectivity index (χ4n) is 3.50. The van der Waals surface area contributed by atoms with Gasteiger partial charge in [-0.2, -0.15) is 0 Å². The van der Waals surface area contributed by atoms with Crippen LogP contribution in [0, 0.1) is 0 Å². The summed E-state index contributed by atoms with van der Waals surface area (Å²) in [4.78, 5) is 23.8. The highest BCUT2D eigenvalue weighted by atomic mass is 16.5. The summed E-state index contributed by atoms with van der Waals surface area (Å²) in [6, 6.07) is 0. The maximum absolute atomic E-state index is 12.1. The van der Waals surface area contributed by atoms with Crippen molar-refractivity contribution in [3.05, 3.63) is 69.9 Å². The van der Waals surface area contributed by atoms with Gasteiger partial charge in [0.05, 0.1) is 6.10 Å². The Balaban J connectivity index is 2.51. The van der Waals surface area contributed by atoms with Crippen molar-refractivity contribution in [3.8, 4) is 0 Å².